The fourth-order valence-corrected chi connectivity index (χ4v) is 2.65. The standard InChI is InChI=1S/C14H16FN3O/c1-9-6-11-4-3-5-18(14(11)12(15)7-9)8-13-17-16-10(2)19-13/h6-7H,3-5,8H2,1-2H3. The largest absolute Gasteiger partial charge is 0.424 e. The zero-order valence-corrected chi connectivity index (χ0v) is 11.1. The SMILES string of the molecule is Cc1cc(F)c2c(c1)CCCN2Cc1nnc(C)o1. The number of rotatable bonds is 2. The van der Waals surface area contributed by atoms with Crippen LogP contribution in [-0.4, -0.2) is 16.7 Å². The van der Waals surface area contributed by atoms with Crippen molar-refractivity contribution in [3.63, 3.8) is 0 Å². The molecule has 0 atom stereocenters. The van der Waals surface area contributed by atoms with Gasteiger partial charge in [0.2, 0.25) is 11.8 Å². The average Bonchev–Trinajstić information content (AvgIpc) is 2.74. The van der Waals surface area contributed by atoms with Crippen molar-refractivity contribution in [1.82, 2.24) is 10.2 Å². The van der Waals surface area contributed by atoms with Gasteiger partial charge in [-0.05, 0) is 37.0 Å². The topological polar surface area (TPSA) is 42.2 Å². The molecule has 5 heteroatoms. The monoisotopic (exact) mass is 261 g/mol. The molecule has 0 saturated heterocycles. The van der Waals surface area contributed by atoms with Gasteiger partial charge in [0.05, 0.1) is 12.2 Å². The molecule has 0 aliphatic carbocycles. The summed E-state index contributed by atoms with van der Waals surface area (Å²) >= 11 is 0. The van der Waals surface area contributed by atoms with Crippen molar-refractivity contribution in [3.05, 3.63) is 40.9 Å². The van der Waals surface area contributed by atoms with Crippen molar-refractivity contribution >= 4 is 5.69 Å². The third-order valence-electron chi connectivity index (χ3n) is 3.37. The Balaban J connectivity index is 1.94. The van der Waals surface area contributed by atoms with Crippen LogP contribution in [0.4, 0.5) is 10.1 Å². The molecular weight excluding hydrogens is 245 g/mol. The van der Waals surface area contributed by atoms with E-state index in [4.69, 9.17) is 4.42 Å². The minimum absolute atomic E-state index is 0.161. The van der Waals surface area contributed by atoms with E-state index in [-0.39, 0.29) is 5.82 Å². The van der Waals surface area contributed by atoms with Crippen molar-refractivity contribution in [2.24, 2.45) is 0 Å². The van der Waals surface area contributed by atoms with Crippen LogP contribution in [0.25, 0.3) is 0 Å². The highest BCUT2D eigenvalue weighted by Crippen LogP contribution is 2.32. The lowest BCUT2D eigenvalue weighted by molar-refractivity contribution is 0.457. The molecule has 1 aliphatic rings. The number of hydrogen-bond donors (Lipinski definition) is 0. The van der Waals surface area contributed by atoms with E-state index >= 15 is 0 Å². The number of hydrogen-bond acceptors (Lipinski definition) is 4. The zero-order valence-electron chi connectivity index (χ0n) is 11.1. The lowest BCUT2D eigenvalue weighted by Gasteiger charge is -2.30. The molecule has 0 saturated carbocycles. The van der Waals surface area contributed by atoms with E-state index in [1.165, 1.54) is 0 Å². The summed E-state index contributed by atoms with van der Waals surface area (Å²) in [5, 5.41) is 7.79. The van der Waals surface area contributed by atoms with Gasteiger partial charge in [-0.25, -0.2) is 4.39 Å². The summed E-state index contributed by atoms with van der Waals surface area (Å²) < 4.78 is 19.6. The Hall–Kier alpha value is -1.91. The van der Waals surface area contributed by atoms with Crippen LogP contribution in [0.3, 0.4) is 0 Å². The molecule has 0 fully saturated rings. The van der Waals surface area contributed by atoms with Crippen LogP contribution in [0, 0.1) is 19.7 Å². The van der Waals surface area contributed by atoms with E-state index in [2.05, 4.69) is 16.3 Å². The number of benzene rings is 1. The third kappa shape index (κ3) is 2.32. The Labute approximate surface area is 111 Å². The summed E-state index contributed by atoms with van der Waals surface area (Å²) in [6.07, 6.45) is 1.94. The Morgan fingerprint density at radius 2 is 2.16 bits per heavy atom. The van der Waals surface area contributed by atoms with Crippen LogP contribution in [0.1, 0.15) is 29.3 Å². The number of aryl methyl sites for hydroxylation is 3. The number of aromatic nitrogens is 2. The molecule has 4 nitrogen and oxygen atoms in total. The van der Waals surface area contributed by atoms with Gasteiger partial charge in [-0.15, -0.1) is 10.2 Å². The van der Waals surface area contributed by atoms with E-state index in [0.29, 0.717) is 24.0 Å². The molecule has 3 rings (SSSR count). The molecule has 0 radical (unpaired) electrons. The van der Waals surface area contributed by atoms with Gasteiger partial charge in [-0.3, -0.25) is 0 Å². The molecule has 0 amide bonds. The van der Waals surface area contributed by atoms with E-state index < -0.39 is 0 Å². The Morgan fingerprint density at radius 3 is 2.89 bits per heavy atom. The van der Waals surface area contributed by atoms with Gasteiger partial charge in [0.15, 0.2) is 0 Å². The van der Waals surface area contributed by atoms with Crippen molar-refractivity contribution in [2.45, 2.75) is 33.2 Å². The van der Waals surface area contributed by atoms with E-state index in [9.17, 15) is 4.39 Å². The second-order valence-electron chi connectivity index (χ2n) is 4.99. The Kier molecular flexibility index (Phi) is 2.97. The van der Waals surface area contributed by atoms with Crippen LogP contribution in [0.15, 0.2) is 16.5 Å². The molecule has 2 aromatic rings. The first-order valence-corrected chi connectivity index (χ1v) is 6.46. The van der Waals surface area contributed by atoms with E-state index in [0.717, 1.165) is 30.5 Å². The van der Waals surface area contributed by atoms with Gasteiger partial charge >= 0.3 is 0 Å². The minimum atomic E-state index is -0.161. The van der Waals surface area contributed by atoms with Crippen LogP contribution in [-0.2, 0) is 13.0 Å². The Bertz CT molecular complexity index is 609. The second kappa shape index (κ2) is 4.64. The fourth-order valence-electron chi connectivity index (χ4n) is 2.65. The van der Waals surface area contributed by atoms with E-state index in [1.54, 1.807) is 13.0 Å². The first kappa shape index (κ1) is 12.1. The molecule has 2 heterocycles. The molecular formula is C14H16FN3O. The molecule has 1 aromatic carbocycles. The van der Waals surface area contributed by atoms with Crippen molar-refractivity contribution < 1.29 is 8.81 Å². The second-order valence-corrected chi connectivity index (χ2v) is 4.99. The highest BCUT2D eigenvalue weighted by Gasteiger charge is 2.22. The maximum atomic E-state index is 14.2. The predicted molar refractivity (Wildman–Crippen MR) is 69.5 cm³/mol. The van der Waals surface area contributed by atoms with Gasteiger partial charge in [0, 0.05) is 13.5 Å². The zero-order chi connectivity index (χ0) is 13.4. The molecule has 0 bridgehead atoms. The van der Waals surface area contributed by atoms with Gasteiger partial charge < -0.3 is 9.32 Å². The lowest BCUT2D eigenvalue weighted by atomic mass is 9.99. The normalized spacial score (nSPS) is 14.6. The maximum Gasteiger partial charge on any atom is 0.235 e. The fraction of sp³-hybridized carbons (Fsp3) is 0.429. The molecule has 0 N–H and O–H groups in total. The molecule has 100 valence electrons. The number of halogens is 1. The van der Waals surface area contributed by atoms with Crippen molar-refractivity contribution in [2.75, 3.05) is 11.4 Å². The number of anilines is 1. The van der Waals surface area contributed by atoms with Crippen molar-refractivity contribution in [3.8, 4) is 0 Å². The molecule has 0 unspecified atom stereocenters. The van der Waals surface area contributed by atoms with Crippen LogP contribution >= 0.6 is 0 Å². The average molecular weight is 261 g/mol. The highest BCUT2D eigenvalue weighted by molar-refractivity contribution is 5.57. The first-order valence-electron chi connectivity index (χ1n) is 6.46. The van der Waals surface area contributed by atoms with Crippen LogP contribution in [0.5, 0.6) is 0 Å². The van der Waals surface area contributed by atoms with Crippen LogP contribution < -0.4 is 4.90 Å². The molecule has 19 heavy (non-hydrogen) atoms. The number of nitrogens with zero attached hydrogens (tertiary/aromatic N) is 3. The smallest absolute Gasteiger partial charge is 0.235 e. The molecule has 1 aromatic heterocycles. The predicted octanol–water partition coefficient (Wildman–Crippen LogP) is 2.78. The van der Waals surface area contributed by atoms with Gasteiger partial charge in [0.25, 0.3) is 0 Å². The summed E-state index contributed by atoms with van der Waals surface area (Å²) in [4.78, 5) is 1.99. The lowest BCUT2D eigenvalue weighted by Crippen LogP contribution is -2.30. The number of fused-ring (bicyclic) bond motifs is 1. The van der Waals surface area contributed by atoms with Crippen molar-refractivity contribution in [1.29, 1.82) is 0 Å². The first-order chi connectivity index (χ1) is 9.13. The summed E-state index contributed by atoms with van der Waals surface area (Å²) in [5.74, 6) is 0.910. The quantitative estimate of drug-likeness (QED) is 0.833. The van der Waals surface area contributed by atoms with E-state index in [1.807, 2.05) is 11.8 Å². The summed E-state index contributed by atoms with van der Waals surface area (Å²) in [6, 6.07) is 3.64. The van der Waals surface area contributed by atoms with Crippen LogP contribution in [0.2, 0.25) is 0 Å². The summed E-state index contributed by atoms with van der Waals surface area (Å²) in [5.41, 5.74) is 2.72. The molecule has 1 aliphatic heterocycles. The summed E-state index contributed by atoms with van der Waals surface area (Å²) in [7, 11) is 0. The van der Waals surface area contributed by atoms with Gasteiger partial charge in [-0.2, -0.15) is 0 Å². The highest BCUT2D eigenvalue weighted by atomic mass is 19.1. The Morgan fingerprint density at radius 1 is 1.32 bits per heavy atom. The van der Waals surface area contributed by atoms with Gasteiger partial charge in [0.1, 0.15) is 5.82 Å². The maximum absolute atomic E-state index is 14.2. The summed E-state index contributed by atoms with van der Waals surface area (Å²) in [6.45, 7) is 4.95. The molecule has 0 spiro atoms. The minimum Gasteiger partial charge on any atom is -0.424 e. The third-order valence-corrected chi connectivity index (χ3v) is 3.37. The van der Waals surface area contributed by atoms with Gasteiger partial charge in [-0.1, -0.05) is 6.07 Å².